The van der Waals surface area contributed by atoms with E-state index in [4.69, 9.17) is 15.4 Å². The SMILES string of the molecule is CC(CNO)C(O)CCO. The summed E-state index contributed by atoms with van der Waals surface area (Å²) in [5, 5.41) is 25.8. The highest BCUT2D eigenvalue weighted by molar-refractivity contribution is 4.64. The van der Waals surface area contributed by atoms with Crippen LogP contribution < -0.4 is 5.48 Å². The molecule has 0 saturated carbocycles. The Balaban J connectivity index is 3.38. The Morgan fingerprint density at radius 2 is 2.10 bits per heavy atom. The molecular formula is C6H15NO3. The van der Waals surface area contributed by atoms with Crippen LogP contribution in [0.15, 0.2) is 0 Å². The quantitative estimate of drug-likeness (QED) is 0.392. The van der Waals surface area contributed by atoms with Gasteiger partial charge in [-0.25, -0.2) is 5.48 Å². The minimum absolute atomic E-state index is 0.0169. The van der Waals surface area contributed by atoms with E-state index in [0.29, 0.717) is 13.0 Å². The Bertz CT molecular complexity index is 69.4. The third-order valence-electron chi connectivity index (χ3n) is 1.49. The zero-order chi connectivity index (χ0) is 7.98. The van der Waals surface area contributed by atoms with Crippen LogP contribution in [0.2, 0.25) is 0 Å². The van der Waals surface area contributed by atoms with E-state index in [-0.39, 0.29) is 12.5 Å². The molecule has 0 fully saturated rings. The summed E-state index contributed by atoms with van der Waals surface area (Å²) in [5.41, 5.74) is 1.97. The van der Waals surface area contributed by atoms with E-state index in [1.165, 1.54) is 0 Å². The van der Waals surface area contributed by atoms with Gasteiger partial charge in [0.25, 0.3) is 0 Å². The van der Waals surface area contributed by atoms with Gasteiger partial charge in [-0.15, -0.1) is 0 Å². The summed E-state index contributed by atoms with van der Waals surface area (Å²) in [6.07, 6.45) is -0.173. The molecule has 4 heteroatoms. The zero-order valence-electron chi connectivity index (χ0n) is 6.12. The molecule has 0 bridgehead atoms. The van der Waals surface area contributed by atoms with Crippen LogP contribution in [-0.4, -0.2) is 34.7 Å². The molecule has 2 atom stereocenters. The maximum absolute atomic E-state index is 9.14. The van der Waals surface area contributed by atoms with Crippen molar-refractivity contribution in [3.05, 3.63) is 0 Å². The number of nitrogens with one attached hydrogen (secondary N) is 1. The Kier molecular flexibility index (Phi) is 5.52. The van der Waals surface area contributed by atoms with Gasteiger partial charge in [0, 0.05) is 13.2 Å². The summed E-state index contributed by atoms with van der Waals surface area (Å²) in [6.45, 7) is 2.13. The average Bonchev–Trinajstić information content (AvgIpc) is 1.89. The van der Waals surface area contributed by atoms with Crippen molar-refractivity contribution in [2.75, 3.05) is 13.2 Å². The van der Waals surface area contributed by atoms with Gasteiger partial charge in [0.2, 0.25) is 0 Å². The third kappa shape index (κ3) is 3.79. The molecule has 0 aromatic rings. The first-order chi connectivity index (χ1) is 4.72. The second kappa shape index (κ2) is 5.61. The van der Waals surface area contributed by atoms with Crippen LogP contribution >= 0.6 is 0 Å². The molecule has 0 aliphatic rings. The molecule has 0 spiro atoms. The molecule has 0 heterocycles. The second-order valence-electron chi connectivity index (χ2n) is 2.42. The summed E-state index contributed by atoms with van der Waals surface area (Å²) in [6, 6.07) is 0. The van der Waals surface area contributed by atoms with Crippen molar-refractivity contribution < 1.29 is 15.4 Å². The van der Waals surface area contributed by atoms with E-state index < -0.39 is 6.10 Å². The molecule has 4 N–H and O–H groups in total. The van der Waals surface area contributed by atoms with E-state index in [0.717, 1.165) is 0 Å². The van der Waals surface area contributed by atoms with E-state index in [1.807, 2.05) is 5.48 Å². The van der Waals surface area contributed by atoms with Crippen LogP contribution in [0.1, 0.15) is 13.3 Å². The van der Waals surface area contributed by atoms with Gasteiger partial charge < -0.3 is 15.4 Å². The third-order valence-corrected chi connectivity index (χ3v) is 1.49. The van der Waals surface area contributed by atoms with Crippen LogP contribution in [0.25, 0.3) is 0 Å². The van der Waals surface area contributed by atoms with E-state index in [9.17, 15) is 0 Å². The smallest absolute Gasteiger partial charge is 0.0600 e. The highest BCUT2D eigenvalue weighted by atomic mass is 16.5. The van der Waals surface area contributed by atoms with Gasteiger partial charge >= 0.3 is 0 Å². The van der Waals surface area contributed by atoms with E-state index in [1.54, 1.807) is 6.92 Å². The van der Waals surface area contributed by atoms with Crippen LogP contribution in [0, 0.1) is 5.92 Å². The number of aliphatic hydroxyl groups excluding tert-OH is 2. The van der Waals surface area contributed by atoms with Gasteiger partial charge in [-0.05, 0) is 12.3 Å². The van der Waals surface area contributed by atoms with Gasteiger partial charge in [0.15, 0.2) is 0 Å². The highest BCUT2D eigenvalue weighted by Crippen LogP contribution is 2.04. The van der Waals surface area contributed by atoms with Crippen molar-refractivity contribution >= 4 is 0 Å². The first-order valence-corrected chi connectivity index (χ1v) is 3.38. The van der Waals surface area contributed by atoms with Crippen molar-refractivity contribution in [1.82, 2.24) is 5.48 Å². The fraction of sp³-hybridized carbons (Fsp3) is 1.00. The largest absolute Gasteiger partial charge is 0.396 e. The topological polar surface area (TPSA) is 72.7 Å². The summed E-state index contributed by atoms with van der Waals surface area (Å²) in [4.78, 5) is 0. The Morgan fingerprint density at radius 3 is 2.50 bits per heavy atom. The van der Waals surface area contributed by atoms with Gasteiger partial charge in [0.1, 0.15) is 0 Å². The lowest BCUT2D eigenvalue weighted by atomic mass is 10.0. The molecule has 0 radical (unpaired) electrons. The van der Waals surface area contributed by atoms with Crippen molar-refractivity contribution in [2.24, 2.45) is 5.92 Å². The molecule has 0 saturated heterocycles. The molecule has 4 nitrogen and oxygen atoms in total. The lowest BCUT2D eigenvalue weighted by Gasteiger charge is -2.16. The first-order valence-electron chi connectivity index (χ1n) is 3.38. The molecule has 10 heavy (non-hydrogen) atoms. The molecule has 0 aliphatic carbocycles. The molecule has 62 valence electrons. The second-order valence-corrected chi connectivity index (χ2v) is 2.42. The average molecular weight is 149 g/mol. The first kappa shape index (κ1) is 9.84. The number of hydrogen-bond acceptors (Lipinski definition) is 4. The molecule has 0 aromatic carbocycles. The van der Waals surface area contributed by atoms with Crippen molar-refractivity contribution in [2.45, 2.75) is 19.4 Å². The highest BCUT2D eigenvalue weighted by Gasteiger charge is 2.11. The van der Waals surface area contributed by atoms with Crippen LogP contribution in [0.3, 0.4) is 0 Å². The predicted molar refractivity (Wildman–Crippen MR) is 36.7 cm³/mol. The molecule has 0 aliphatic heterocycles. The van der Waals surface area contributed by atoms with Gasteiger partial charge in [-0.3, -0.25) is 0 Å². The summed E-state index contributed by atoms with van der Waals surface area (Å²) >= 11 is 0. The number of hydrogen-bond donors (Lipinski definition) is 4. The number of aliphatic hydroxyl groups is 2. The van der Waals surface area contributed by atoms with Gasteiger partial charge in [0.05, 0.1) is 6.10 Å². The maximum atomic E-state index is 9.14. The summed E-state index contributed by atoms with van der Waals surface area (Å²) in [5.74, 6) is -0.0304. The Morgan fingerprint density at radius 1 is 1.50 bits per heavy atom. The fourth-order valence-electron chi connectivity index (χ4n) is 0.697. The monoisotopic (exact) mass is 149 g/mol. The normalized spacial score (nSPS) is 16.8. The minimum atomic E-state index is -0.537. The lowest BCUT2D eigenvalue weighted by Crippen LogP contribution is -2.28. The number of rotatable bonds is 5. The van der Waals surface area contributed by atoms with Crippen molar-refractivity contribution in [3.8, 4) is 0 Å². The zero-order valence-corrected chi connectivity index (χ0v) is 6.12. The molecule has 0 aromatic heterocycles. The lowest BCUT2D eigenvalue weighted by molar-refractivity contribution is 0.0599. The number of hydroxylamine groups is 1. The van der Waals surface area contributed by atoms with Crippen LogP contribution in [0.4, 0.5) is 0 Å². The van der Waals surface area contributed by atoms with E-state index in [2.05, 4.69) is 0 Å². The summed E-state index contributed by atoms with van der Waals surface area (Å²) in [7, 11) is 0. The van der Waals surface area contributed by atoms with Crippen LogP contribution in [-0.2, 0) is 0 Å². The van der Waals surface area contributed by atoms with Crippen molar-refractivity contribution in [1.29, 1.82) is 0 Å². The standard InChI is InChI=1S/C6H15NO3/c1-5(4-7-10)6(9)2-3-8/h5-10H,2-4H2,1H3. The fourth-order valence-corrected chi connectivity index (χ4v) is 0.697. The predicted octanol–water partition coefficient (Wildman–Crippen LogP) is -0.655. The Labute approximate surface area is 60.5 Å². The molecule has 2 unspecified atom stereocenters. The van der Waals surface area contributed by atoms with Crippen molar-refractivity contribution in [3.63, 3.8) is 0 Å². The maximum Gasteiger partial charge on any atom is 0.0600 e. The molecule has 0 amide bonds. The minimum Gasteiger partial charge on any atom is -0.396 e. The molecular weight excluding hydrogens is 134 g/mol. The van der Waals surface area contributed by atoms with Gasteiger partial charge in [-0.2, -0.15) is 0 Å². The van der Waals surface area contributed by atoms with Gasteiger partial charge in [-0.1, -0.05) is 6.92 Å². The Hall–Kier alpha value is -0.160. The summed E-state index contributed by atoms with van der Waals surface area (Å²) < 4.78 is 0. The molecule has 0 rings (SSSR count). The van der Waals surface area contributed by atoms with E-state index >= 15 is 0 Å². The van der Waals surface area contributed by atoms with Crippen LogP contribution in [0.5, 0.6) is 0 Å².